The van der Waals surface area contributed by atoms with Gasteiger partial charge in [0.05, 0.1) is 11.9 Å². The molecule has 7 heteroatoms. The number of hydrogen-bond donors (Lipinski definition) is 2. The summed E-state index contributed by atoms with van der Waals surface area (Å²) >= 11 is 0. The normalized spacial score (nSPS) is 12.5. The molecule has 1 aromatic rings. The van der Waals surface area contributed by atoms with Crippen LogP contribution in [0.25, 0.3) is 0 Å². The van der Waals surface area contributed by atoms with Crippen molar-refractivity contribution in [2.45, 2.75) is 26.3 Å². The number of aromatic nitrogens is 1. The lowest BCUT2D eigenvalue weighted by atomic mass is 10.1. The molecular weight excluding hydrogens is 233 g/mol. The number of rotatable bonds is 3. The minimum atomic E-state index is -3.67. The van der Waals surface area contributed by atoms with E-state index in [0.717, 1.165) is 12.3 Å². The Kier molecular flexibility index (Phi) is 3.49. The zero-order valence-corrected chi connectivity index (χ0v) is 10.1. The minimum absolute atomic E-state index is 0.207. The fraction of sp³-hybridized carbons (Fsp3) is 0.444. The number of pyridine rings is 1. The summed E-state index contributed by atoms with van der Waals surface area (Å²) in [6, 6.07) is 2.37. The summed E-state index contributed by atoms with van der Waals surface area (Å²) in [5.41, 5.74) is -0.377. The van der Waals surface area contributed by atoms with Crippen LogP contribution in [0.3, 0.4) is 0 Å². The zero-order valence-electron chi connectivity index (χ0n) is 9.28. The number of nitrogens with one attached hydrogen (secondary N) is 2. The van der Waals surface area contributed by atoms with Crippen LogP contribution in [-0.4, -0.2) is 18.9 Å². The van der Waals surface area contributed by atoms with Crippen LogP contribution in [0.15, 0.2) is 18.3 Å². The fourth-order valence-electron chi connectivity index (χ4n) is 1.02. The summed E-state index contributed by atoms with van der Waals surface area (Å²) in [7, 11) is -3.67. The molecule has 0 unspecified atom stereocenters. The maximum atomic E-state index is 12.5. The molecule has 0 aromatic carbocycles. The summed E-state index contributed by atoms with van der Waals surface area (Å²) in [4.78, 5) is 3.34. The third-order valence-corrected chi connectivity index (χ3v) is 2.81. The molecular formula is C9H14FN3O2S. The Balaban J connectivity index is 2.77. The van der Waals surface area contributed by atoms with E-state index >= 15 is 0 Å². The Bertz CT molecular complexity index is 451. The zero-order chi connectivity index (χ0) is 12.4. The lowest BCUT2D eigenvalue weighted by Gasteiger charge is -2.20. The van der Waals surface area contributed by atoms with Gasteiger partial charge < -0.3 is 0 Å². The third kappa shape index (κ3) is 4.54. The molecule has 90 valence electrons. The van der Waals surface area contributed by atoms with Crippen molar-refractivity contribution in [3.05, 3.63) is 24.3 Å². The van der Waals surface area contributed by atoms with Crippen LogP contribution in [0.2, 0.25) is 0 Å². The van der Waals surface area contributed by atoms with Gasteiger partial charge in [0.1, 0.15) is 0 Å². The molecule has 1 heterocycles. The maximum Gasteiger partial charge on any atom is 0.299 e. The molecule has 0 atom stereocenters. The largest absolute Gasteiger partial charge is 0.299 e. The van der Waals surface area contributed by atoms with Crippen LogP contribution in [0.5, 0.6) is 0 Å². The highest BCUT2D eigenvalue weighted by Crippen LogP contribution is 2.09. The van der Waals surface area contributed by atoms with Gasteiger partial charge in [0.15, 0.2) is 0 Å². The summed E-state index contributed by atoms with van der Waals surface area (Å²) in [5, 5.41) is 0. The molecule has 0 aliphatic carbocycles. The summed E-state index contributed by atoms with van der Waals surface area (Å²) < 4.78 is 40.2. The number of halogens is 1. The smallest absolute Gasteiger partial charge is 0.270 e. The van der Waals surface area contributed by atoms with E-state index in [2.05, 4.69) is 14.4 Å². The van der Waals surface area contributed by atoms with E-state index in [1.807, 2.05) is 0 Å². The van der Waals surface area contributed by atoms with Crippen molar-refractivity contribution in [3.63, 3.8) is 0 Å². The van der Waals surface area contributed by atoms with Crippen molar-refractivity contribution in [2.24, 2.45) is 0 Å². The Morgan fingerprint density at radius 1 is 1.31 bits per heavy atom. The quantitative estimate of drug-likeness (QED) is 0.790. The molecule has 0 saturated carbocycles. The van der Waals surface area contributed by atoms with Crippen LogP contribution in [-0.2, 0) is 10.2 Å². The van der Waals surface area contributed by atoms with Crippen molar-refractivity contribution in [2.75, 3.05) is 4.72 Å². The van der Waals surface area contributed by atoms with Gasteiger partial charge >= 0.3 is 0 Å². The van der Waals surface area contributed by atoms with E-state index in [0.29, 0.717) is 0 Å². The first-order chi connectivity index (χ1) is 7.18. The van der Waals surface area contributed by atoms with E-state index < -0.39 is 21.7 Å². The third-order valence-electron chi connectivity index (χ3n) is 1.42. The van der Waals surface area contributed by atoms with Crippen molar-refractivity contribution in [1.29, 1.82) is 0 Å². The van der Waals surface area contributed by atoms with Crippen LogP contribution < -0.4 is 9.44 Å². The predicted octanol–water partition coefficient (Wildman–Crippen LogP) is 1.27. The van der Waals surface area contributed by atoms with Gasteiger partial charge in [-0.25, -0.2) is 4.98 Å². The molecule has 2 N–H and O–H groups in total. The van der Waals surface area contributed by atoms with E-state index in [-0.39, 0.29) is 5.69 Å². The van der Waals surface area contributed by atoms with Crippen LogP contribution in [0.4, 0.5) is 10.1 Å². The highest BCUT2D eigenvalue weighted by atomic mass is 32.2. The second-order valence-corrected chi connectivity index (χ2v) is 5.74. The first-order valence-electron chi connectivity index (χ1n) is 4.61. The molecule has 0 fully saturated rings. The highest BCUT2D eigenvalue weighted by Gasteiger charge is 2.19. The molecule has 0 spiro atoms. The first kappa shape index (κ1) is 12.9. The monoisotopic (exact) mass is 247 g/mol. The predicted molar refractivity (Wildman–Crippen MR) is 59.6 cm³/mol. The van der Waals surface area contributed by atoms with Gasteiger partial charge in [-0.15, -0.1) is 0 Å². The molecule has 16 heavy (non-hydrogen) atoms. The molecule has 1 rings (SSSR count). The van der Waals surface area contributed by atoms with Gasteiger partial charge in [0, 0.05) is 5.54 Å². The minimum Gasteiger partial charge on any atom is -0.270 e. The average molecular weight is 247 g/mol. The second-order valence-electron chi connectivity index (χ2n) is 4.33. The van der Waals surface area contributed by atoms with Gasteiger partial charge in [-0.3, -0.25) is 4.72 Å². The Morgan fingerprint density at radius 3 is 2.38 bits per heavy atom. The Labute approximate surface area is 94.3 Å². The Morgan fingerprint density at radius 2 is 1.94 bits per heavy atom. The van der Waals surface area contributed by atoms with Gasteiger partial charge in [-0.2, -0.15) is 17.5 Å². The molecule has 1 aromatic heterocycles. The van der Waals surface area contributed by atoms with Crippen molar-refractivity contribution < 1.29 is 12.8 Å². The van der Waals surface area contributed by atoms with E-state index in [9.17, 15) is 12.8 Å². The molecule has 5 nitrogen and oxygen atoms in total. The van der Waals surface area contributed by atoms with Gasteiger partial charge in [0.25, 0.3) is 10.2 Å². The lowest BCUT2D eigenvalue weighted by Crippen LogP contribution is -2.43. The fourth-order valence-corrected chi connectivity index (χ4v) is 2.31. The average Bonchev–Trinajstić information content (AvgIpc) is 2.04. The molecule has 0 amide bonds. The number of hydrogen-bond acceptors (Lipinski definition) is 3. The Hall–Kier alpha value is -1.21. The van der Waals surface area contributed by atoms with E-state index in [4.69, 9.17) is 0 Å². The van der Waals surface area contributed by atoms with Crippen molar-refractivity contribution in [3.8, 4) is 0 Å². The van der Waals surface area contributed by atoms with Crippen molar-refractivity contribution >= 4 is 15.9 Å². The number of nitrogens with zero attached hydrogens (tertiary/aromatic N) is 1. The molecule has 0 radical (unpaired) electrons. The van der Waals surface area contributed by atoms with E-state index in [1.165, 1.54) is 6.07 Å². The molecule has 0 aliphatic heterocycles. The van der Waals surface area contributed by atoms with Crippen LogP contribution in [0, 0.1) is 5.95 Å². The SMILES string of the molecule is CC(C)(C)NS(=O)(=O)Nc1ccc(F)nc1. The molecule has 0 aliphatic rings. The first-order valence-corrected chi connectivity index (χ1v) is 6.09. The number of anilines is 1. The highest BCUT2D eigenvalue weighted by molar-refractivity contribution is 7.90. The maximum absolute atomic E-state index is 12.5. The standard InChI is InChI=1S/C9H14FN3O2S/c1-9(2,3)13-16(14,15)12-7-4-5-8(10)11-6-7/h4-6,12-13H,1-3H3. The molecule has 0 bridgehead atoms. The lowest BCUT2D eigenvalue weighted by molar-refractivity contribution is 0.494. The summed E-state index contributed by atoms with van der Waals surface area (Å²) in [6.07, 6.45) is 1.11. The van der Waals surface area contributed by atoms with Crippen molar-refractivity contribution in [1.82, 2.24) is 9.71 Å². The summed E-state index contributed by atoms with van der Waals surface area (Å²) in [5.74, 6) is -0.660. The summed E-state index contributed by atoms with van der Waals surface area (Å²) in [6.45, 7) is 5.15. The van der Waals surface area contributed by atoms with E-state index in [1.54, 1.807) is 20.8 Å². The van der Waals surface area contributed by atoms with Crippen LogP contribution in [0.1, 0.15) is 20.8 Å². The molecule has 0 saturated heterocycles. The van der Waals surface area contributed by atoms with Gasteiger partial charge in [0.2, 0.25) is 5.95 Å². The van der Waals surface area contributed by atoms with Gasteiger partial charge in [-0.05, 0) is 32.9 Å². The van der Waals surface area contributed by atoms with Gasteiger partial charge in [-0.1, -0.05) is 0 Å². The van der Waals surface area contributed by atoms with Crippen LogP contribution >= 0.6 is 0 Å². The second kappa shape index (κ2) is 4.34. The topological polar surface area (TPSA) is 71.1 Å².